The van der Waals surface area contributed by atoms with Crippen LogP contribution in [-0.4, -0.2) is 31.2 Å². The van der Waals surface area contributed by atoms with E-state index in [4.69, 9.17) is 4.74 Å². The number of hydrogen-bond acceptors (Lipinski definition) is 2. The van der Waals surface area contributed by atoms with Crippen LogP contribution in [0.4, 0.5) is 0 Å². The van der Waals surface area contributed by atoms with Crippen LogP contribution in [0.3, 0.4) is 0 Å². The van der Waals surface area contributed by atoms with Gasteiger partial charge in [0, 0.05) is 25.2 Å². The molecule has 1 saturated heterocycles. The molecule has 1 aliphatic rings. The van der Waals surface area contributed by atoms with Crippen LogP contribution in [0.15, 0.2) is 24.3 Å². The van der Waals surface area contributed by atoms with Gasteiger partial charge in [-0.25, -0.2) is 0 Å². The van der Waals surface area contributed by atoms with Gasteiger partial charge in [0.1, 0.15) is 0 Å². The van der Waals surface area contributed by atoms with Gasteiger partial charge >= 0.3 is 0 Å². The third-order valence-electron chi connectivity index (χ3n) is 2.71. The Kier molecular flexibility index (Phi) is 3.98. The third kappa shape index (κ3) is 3.10. The van der Waals surface area contributed by atoms with Crippen LogP contribution in [0.2, 0.25) is 0 Å². The monoisotopic (exact) mass is 215 g/mol. The highest BCUT2D eigenvalue weighted by Crippen LogP contribution is 2.09. The first-order valence-electron chi connectivity index (χ1n) is 5.70. The topological polar surface area (TPSA) is 12.5 Å². The van der Waals surface area contributed by atoms with Crippen molar-refractivity contribution in [1.29, 1.82) is 0 Å². The zero-order chi connectivity index (χ0) is 11.2. The van der Waals surface area contributed by atoms with Crippen LogP contribution in [-0.2, 0) is 11.3 Å². The van der Waals surface area contributed by atoms with E-state index in [0.717, 1.165) is 38.4 Å². The number of hydrogen-bond donors (Lipinski definition) is 0. The zero-order valence-electron chi connectivity index (χ0n) is 9.70. The number of rotatable bonds is 2. The van der Waals surface area contributed by atoms with Crippen molar-refractivity contribution in [3.63, 3.8) is 0 Å². The summed E-state index contributed by atoms with van der Waals surface area (Å²) in [6, 6.07) is 8.47. The molecule has 2 rings (SSSR count). The molecule has 1 aromatic carbocycles. The first-order chi connectivity index (χ1) is 7.88. The van der Waals surface area contributed by atoms with Crippen molar-refractivity contribution >= 4 is 0 Å². The molecule has 0 spiro atoms. The molecule has 1 aromatic rings. The highest BCUT2D eigenvalue weighted by atomic mass is 16.5. The molecule has 0 saturated carbocycles. The predicted octanol–water partition coefficient (Wildman–Crippen LogP) is 1.89. The predicted molar refractivity (Wildman–Crippen MR) is 65.1 cm³/mol. The van der Waals surface area contributed by atoms with Crippen LogP contribution in [0.5, 0.6) is 0 Å². The highest BCUT2D eigenvalue weighted by molar-refractivity contribution is 5.36. The Labute approximate surface area is 97.2 Å². The lowest BCUT2D eigenvalue weighted by atomic mass is 10.1. The van der Waals surface area contributed by atoms with Crippen molar-refractivity contribution in [3.8, 4) is 11.8 Å². The lowest BCUT2D eigenvalue weighted by Gasteiger charge is -2.26. The number of benzene rings is 1. The maximum Gasteiger partial charge on any atom is 0.0594 e. The zero-order valence-corrected chi connectivity index (χ0v) is 9.70. The Hall–Kier alpha value is -1.30. The molecule has 0 aromatic heterocycles. The van der Waals surface area contributed by atoms with Gasteiger partial charge in [0.05, 0.1) is 13.2 Å². The Balaban J connectivity index is 2.01. The van der Waals surface area contributed by atoms with E-state index < -0.39 is 0 Å². The van der Waals surface area contributed by atoms with E-state index in [9.17, 15) is 0 Å². The van der Waals surface area contributed by atoms with Crippen LogP contribution in [0, 0.1) is 11.8 Å². The summed E-state index contributed by atoms with van der Waals surface area (Å²) >= 11 is 0. The normalized spacial score (nSPS) is 16.6. The van der Waals surface area contributed by atoms with Gasteiger partial charge in [-0.3, -0.25) is 4.90 Å². The molecule has 0 radical (unpaired) electrons. The van der Waals surface area contributed by atoms with Gasteiger partial charge in [0.25, 0.3) is 0 Å². The van der Waals surface area contributed by atoms with Gasteiger partial charge in [-0.15, -0.1) is 5.92 Å². The van der Waals surface area contributed by atoms with Crippen molar-refractivity contribution in [1.82, 2.24) is 4.90 Å². The molecule has 2 nitrogen and oxygen atoms in total. The molecule has 84 valence electrons. The maximum absolute atomic E-state index is 5.34. The summed E-state index contributed by atoms with van der Waals surface area (Å²) in [6.07, 6.45) is 0. The van der Waals surface area contributed by atoms with Gasteiger partial charge < -0.3 is 4.74 Å². The van der Waals surface area contributed by atoms with Crippen molar-refractivity contribution < 1.29 is 4.74 Å². The van der Waals surface area contributed by atoms with Crippen LogP contribution in [0.1, 0.15) is 18.1 Å². The number of nitrogens with zero attached hydrogens (tertiary/aromatic N) is 1. The average molecular weight is 215 g/mol. The Morgan fingerprint density at radius 3 is 2.88 bits per heavy atom. The number of ether oxygens (including phenoxy) is 1. The van der Waals surface area contributed by atoms with Crippen molar-refractivity contribution in [3.05, 3.63) is 35.4 Å². The lowest BCUT2D eigenvalue weighted by Crippen LogP contribution is -2.35. The second-order valence-corrected chi connectivity index (χ2v) is 3.96. The average Bonchev–Trinajstić information content (AvgIpc) is 2.31. The maximum atomic E-state index is 5.34. The summed E-state index contributed by atoms with van der Waals surface area (Å²) in [7, 11) is 0. The molecule has 1 heterocycles. The molecule has 2 heteroatoms. The Morgan fingerprint density at radius 2 is 2.12 bits per heavy atom. The van der Waals surface area contributed by atoms with Crippen LogP contribution in [0.25, 0.3) is 0 Å². The minimum absolute atomic E-state index is 0.856. The summed E-state index contributed by atoms with van der Waals surface area (Å²) in [6.45, 7) is 6.65. The van der Waals surface area contributed by atoms with Crippen molar-refractivity contribution in [2.45, 2.75) is 13.5 Å². The van der Waals surface area contributed by atoms with Gasteiger partial charge in [0.2, 0.25) is 0 Å². The molecule has 1 aliphatic heterocycles. The van der Waals surface area contributed by atoms with Crippen LogP contribution >= 0.6 is 0 Å². The van der Waals surface area contributed by atoms with Gasteiger partial charge in [-0.2, -0.15) is 0 Å². The smallest absolute Gasteiger partial charge is 0.0594 e. The van der Waals surface area contributed by atoms with Gasteiger partial charge in [-0.1, -0.05) is 18.1 Å². The SMILES string of the molecule is CC#Cc1cccc(CN2CCOCC2)c1. The molecule has 0 bridgehead atoms. The molecule has 0 aliphatic carbocycles. The fraction of sp³-hybridized carbons (Fsp3) is 0.429. The largest absolute Gasteiger partial charge is 0.379 e. The summed E-state index contributed by atoms with van der Waals surface area (Å²) in [5, 5.41) is 0. The van der Waals surface area contributed by atoms with E-state index in [1.807, 2.05) is 6.92 Å². The standard InChI is InChI=1S/C14H17NO/c1-2-4-13-5-3-6-14(11-13)12-15-7-9-16-10-8-15/h3,5-6,11H,7-10,12H2,1H3. The summed E-state index contributed by atoms with van der Waals surface area (Å²) < 4.78 is 5.34. The molecular weight excluding hydrogens is 198 g/mol. The first kappa shape index (κ1) is 11.2. The number of morpholine rings is 1. The Morgan fingerprint density at radius 1 is 1.31 bits per heavy atom. The molecule has 0 N–H and O–H groups in total. The second-order valence-electron chi connectivity index (χ2n) is 3.96. The molecule has 16 heavy (non-hydrogen) atoms. The van der Waals surface area contributed by atoms with E-state index in [2.05, 4.69) is 41.0 Å². The van der Waals surface area contributed by atoms with E-state index in [1.165, 1.54) is 5.56 Å². The summed E-state index contributed by atoms with van der Waals surface area (Å²) in [5.74, 6) is 6.02. The van der Waals surface area contributed by atoms with Crippen LogP contribution < -0.4 is 0 Å². The molecular formula is C14H17NO. The quantitative estimate of drug-likeness (QED) is 0.699. The van der Waals surface area contributed by atoms with E-state index in [-0.39, 0.29) is 0 Å². The van der Waals surface area contributed by atoms with E-state index in [0.29, 0.717) is 0 Å². The molecule has 0 amide bonds. The molecule has 0 atom stereocenters. The fourth-order valence-electron chi connectivity index (χ4n) is 1.91. The van der Waals surface area contributed by atoms with E-state index >= 15 is 0 Å². The summed E-state index contributed by atoms with van der Waals surface area (Å²) in [4.78, 5) is 2.42. The summed E-state index contributed by atoms with van der Waals surface area (Å²) in [5.41, 5.74) is 2.44. The third-order valence-corrected chi connectivity index (χ3v) is 2.71. The lowest BCUT2D eigenvalue weighted by molar-refractivity contribution is 0.0342. The Bertz CT molecular complexity index is 397. The second kappa shape index (κ2) is 5.69. The minimum Gasteiger partial charge on any atom is -0.379 e. The minimum atomic E-state index is 0.856. The molecule has 0 unspecified atom stereocenters. The van der Waals surface area contributed by atoms with E-state index in [1.54, 1.807) is 0 Å². The first-order valence-corrected chi connectivity index (χ1v) is 5.70. The van der Waals surface area contributed by atoms with Gasteiger partial charge in [-0.05, 0) is 24.6 Å². The van der Waals surface area contributed by atoms with Crippen molar-refractivity contribution in [2.24, 2.45) is 0 Å². The van der Waals surface area contributed by atoms with Gasteiger partial charge in [0.15, 0.2) is 0 Å². The van der Waals surface area contributed by atoms with Crippen molar-refractivity contribution in [2.75, 3.05) is 26.3 Å². The fourth-order valence-corrected chi connectivity index (χ4v) is 1.91. The molecule has 1 fully saturated rings. The highest BCUT2D eigenvalue weighted by Gasteiger charge is 2.10.